The van der Waals surface area contributed by atoms with E-state index in [9.17, 15) is 0 Å². The van der Waals surface area contributed by atoms with Crippen LogP contribution < -0.4 is 0 Å². The van der Waals surface area contributed by atoms with Crippen molar-refractivity contribution >= 4 is 16.4 Å². The van der Waals surface area contributed by atoms with Crippen LogP contribution in [0.4, 0.5) is 0 Å². The van der Waals surface area contributed by atoms with Crippen molar-refractivity contribution in [3.8, 4) is 12.3 Å². The van der Waals surface area contributed by atoms with Crippen LogP contribution >= 0.6 is 10.5 Å². The van der Waals surface area contributed by atoms with Crippen molar-refractivity contribution in [3.05, 3.63) is 0 Å². The van der Waals surface area contributed by atoms with Crippen LogP contribution in [-0.4, -0.2) is 41.9 Å². The van der Waals surface area contributed by atoms with Gasteiger partial charge in [-0.2, -0.15) is 10.5 Å². The smallest absolute Gasteiger partial charge is 0.0599 e. The molecule has 2 heteroatoms. The maximum absolute atomic E-state index is 5.19. The molecule has 0 aromatic carbocycles. The second kappa shape index (κ2) is 3.80. The Morgan fingerprint density at radius 3 is 2.60 bits per heavy atom. The van der Waals surface area contributed by atoms with Gasteiger partial charge < -0.3 is 0 Å². The number of hydrogen-bond acceptors (Lipinski definition) is 1. The standard InChI is InChI=1S/C8H13NS/c1-3-4-9-5-7-10(2)8-6-9/h1H,2,4-8H2. The van der Waals surface area contributed by atoms with Crippen LogP contribution in [0.1, 0.15) is 0 Å². The van der Waals surface area contributed by atoms with Crippen LogP contribution in [0.2, 0.25) is 0 Å². The third kappa shape index (κ3) is 2.17. The molecule has 1 saturated heterocycles. The summed E-state index contributed by atoms with van der Waals surface area (Å²) in [6.45, 7) is 3.12. The fourth-order valence-electron chi connectivity index (χ4n) is 1.02. The third-order valence-electron chi connectivity index (χ3n) is 1.71. The predicted octanol–water partition coefficient (Wildman–Crippen LogP) is 0.636. The lowest BCUT2D eigenvalue weighted by molar-refractivity contribution is 0.341. The second-order valence-electron chi connectivity index (χ2n) is 2.50. The monoisotopic (exact) mass is 155 g/mol. The first-order chi connectivity index (χ1) is 4.83. The van der Waals surface area contributed by atoms with Crippen LogP contribution in [0.3, 0.4) is 0 Å². The molecule has 1 aliphatic heterocycles. The molecule has 0 aliphatic carbocycles. The van der Waals surface area contributed by atoms with E-state index >= 15 is 0 Å². The Hall–Kier alpha value is -0.260. The molecule has 0 aromatic rings. The molecule has 1 heterocycles. The van der Waals surface area contributed by atoms with Gasteiger partial charge in [-0.15, -0.1) is 6.42 Å². The van der Waals surface area contributed by atoms with Crippen LogP contribution in [-0.2, 0) is 0 Å². The van der Waals surface area contributed by atoms with Gasteiger partial charge in [-0.3, -0.25) is 4.90 Å². The fourth-order valence-corrected chi connectivity index (χ4v) is 2.25. The minimum Gasteiger partial charge on any atom is -0.291 e. The third-order valence-corrected chi connectivity index (χ3v) is 3.23. The highest BCUT2D eigenvalue weighted by molar-refractivity contribution is 8.14. The molecule has 0 spiro atoms. The van der Waals surface area contributed by atoms with E-state index in [1.165, 1.54) is 11.5 Å². The molecule has 56 valence electrons. The molecule has 0 aromatic heterocycles. The van der Waals surface area contributed by atoms with Gasteiger partial charge in [-0.05, 0) is 0 Å². The summed E-state index contributed by atoms with van der Waals surface area (Å²) in [7, 11) is 0.425. The molecule has 1 fully saturated rings. The molecule has 0 radical (unpaired) electrons. The fraction of sp³-hybridized carbons (Fsp3) is 0.625. The highest BCUT2D eigenvalue weighted by Gasteiger charge is 2.09. The van der Waals surface area contributed by atoms with Crippen LogP contribution in [0.15, 0.2) is 0 Å². The van der Waals surface area contributed by atoms with Crippen molar-refractivity contribution in [2.24, 2.45) is 0 Å². The Kier molecular flexibility index (Phi) is 2.98. The van der Waals surface area contributed by atoms with Gasteiger partial charge in [0.05, 0.1) is 6.54 Å². The summed E-state index contributed by atoms with van der Waals surface area (Å²) in [4.78, 5) is 2.31. The first kappa shape index (κ1) is 7.84. The largest absolute Gasteiger partial charge is 0.291 e. The Balaban J connectivity index is 2.27. The van der Waals surface area contributed by atoms with Crippen molar-refractivity contribution in [3.63, 3.8) is 0 Å². The highest BCUT2D eigenvalue weighted by atomic mass is 32.2. The number of hydrogen-bond donors (Lipinski definition) is 0. The molecule has 1 nitrogen and oxygen atoms in total. The average Bonchev–Trinajstić information content (AvgIpc) is 1.95. The molecule has 0 atom stereocenters. The van der Waals surface area contributed by atoms with Gasteiger partial charge in [-0.25, -0.2) is 0 Å². The van der Waals surface area contributed by atoms with E-state index in [4.69, 9.17) is 6.42 Å². The van der Waals surface area contributed by atoms with Crippen molar-refractivity contribution in [1.29, 1.82) is 0 Å². The minimum atomic E-state index is 0.425. The highest BCUT2D eigenvalue weighted by Crippen LogP contribution is 2.14. The number of nitrogens with zero attached hydrogens (tertiary/aromatic N) is 1. The van der Waals surface area contributed by atoms with Crippen molar-refractivity contribution in [2.75, 3.05) is 31.1 Å². The summed E-state index contributed by atoms with van der Waals surface area (Å²) in [6, 6.07) is 0. The van der Waals surface area contributed by atoms with Gasteiger partial charge in [0.2, 0.25) is 0 Å². The Morgan fingerprint density at radius 1 is 1.50 bits per heavy atom. The molecular formula is C8H13NS. The molecule has 0 N–H and O–H groups in total. The normalized spacial score (nSPS) is 22.3. The SMILES string of the molecule is C#CCN1CCS(=C)CC1. The van der Waals surface area contributed by atoms with Gasteiger partial charge in [0.1, 0.15) is 0 Å². The molecule has 1 rings (SSSR count). The second-order valence-corrected chi connectivity index (χ2v) is 4.54. The van der Waals surface area contributed by atoms with Gasteiger partial charge >= 0.3 is 0 Å². The zero-order chi connectivity index (χ0) is 7.40. The van der Waals surface area contributed by atoms with Gasteiger partial charge in [0, 0.05) is 24.6 Å². The molecule has 1 aliphatic rings. The lowest BCUT2D eigenvalue weighted by Crippen LogP contribution is -2.33. The van der Waals surface area contributed by atoms with Gasteiger partial charge in [0.25, 0.3) is 0 Å². The summed E-state index contributed by atoms with van der Waals surface area (Å²) in [5.74, 6) is 9.18. The molecule has 0 unspecified atom stereocenters. The maximum Gasteiger partial charge on any atom is 0.0599 e. The Bertz CT molecular complexity index is 159. The van der Waals surface area contributed by atoms with Gasteiger partial charge in [-0.1, -0.05) is 11.8 Å². The topological polar surface area (TPSA) is 3.24 Å². The summed E-state index contributed by atoms with van der Waals surface area (Å²) >= 11 is 0. The summed E-state index contributed by atoms with van der Waals surface area (Å²) < 4.78 is 0. The average molecular weight is 155 g/mol. The minimum absolute atomic E-state index is 0.425. The van der Waals surface area contributed by atoms with E-state index in [0.29, 0.717) is 10.5 Å². The van der Waals surface area contributed by atoms with E-state index in [-0.39, 0.29) is 0 Å². The van der Waals surface area contributed by atoms with E-state index in [0.717, 1.165) is 19.6 Å². The molecule has 0 bridgehead atoms. The van der Waals surface area contributed by atoms with Crippen molar-refractivity contribution < 1.29 is 0 Å². The Morgan fingerprint density at radius 2 is 2.10 bits per heavy atom. The van der Waals surface area contributed by atoms with E-state index in [1.807, 2.05) is 0 Å². The van der Waals surface area contributed by atoms with Gasteiger partial charge in [0.15, 0.2) is 0 Å². The maximum atomic E-state index is 5.19. The molecule has 10 heavy (non-hydrogen) atoms. The Labute approximate surface area is 65.3 Å². The predicted molar refractivity (Wildman–Crippen MR) is 49.7 cm³/mol. The number of terminal acetylenes is 1. The quantitative estimate of drug-likeness (QED) is 0.397. The first-order valence-electron chi connectivity index (χ1n) is 3.46. The summed E-state index contributed by atoms with van der Waals surface area (Å²) in [6.07, 6.45) is 5.19. The lowest BCUT2D eigenvalue weighted by Gasteiger charge is -2.26. The zero-order valence-electron chi connectivity index (χ0n) is 6.18. The number of rotatable bonds is 1. The van der Waals surface area contributed by atoms with E-state index in [2.05, 4.69) is 16.7 Å². The van der Waals surface area contributed by atoms with E-state index < -0.39 is 0 Å². The molecule has 0 amide bonds. The lowest BCUT2D eigenvalue weighted by atomic mass is 10.5. The van der Waals surface area contributed by atoms with Crippen molar-refractivity contribution in [1.82, 2.24) is 4.90 Å². The molecule has 0 saturated carbocycles. The molecular weight excluding hydrogens is 142 g/mol. The summed E-state index contributed by atoms with van der Waals surface area (Å²) in [5.41, 5.74) is 0. The zero-order valence-corrected chi connectivity index (χ0v) is 6.99. The first-order valence-corrected chi connectivity index (χ1v) is 5.19. The summed E-state index contributed by atoms with van der Waals surface area (Å²) in [5, 5.41) is 0. The van der Waals surface area contributed by atoms with Crippen LogP contribution in [0, 0.1) is 12.3 Å². The van der Waals surface area contributed by atoms with Crippen molar-refractivity contribution in [2.45, 2.75) is 0 Å². The van der Waals surface area contributed by atoms with Crippen LogP contribution in [0.5, 0.6) is 0 Å². The van der Waals surface area contributed by atoms with Crippen LogP contribution in [0.25, 0.3) is 0 Å². The van der Waals surface area contributed by atoms with E-state index in [1.54, 1.807) is 0 Å².